The predicted molar refractivity (Wildman–Crippen MR) is 92.8 cm³/mol. The number of hydrogen-bond donors (Lipinski definition) is 1. The van der Waals surface area contributed by atoms with Crippen LogP contribution in [0.5, 0.6) is 0 Å². The summed E-state index contributed by atoms with van der Waals surface area (Å²) in [6.45, 7) is 3.60. The third kappa shape index (κ3) is 3.14. The highest BCUT2D eigenvalue weighted by molar-refractivity contribution is 5.42. The van der Waals surface area contributed by atoms with Crippen LogP contribution in [-0.2, 0) is 6.54 Å². The fraction of sp³-hybridized carbons (Fsp3) is 0.278. The zero-order valence-electron chi connectivity index (χ0n) is 13.4. The molecular weight excluding hydrogens is 300 g/mol. The Morgan fingerprint density at radius 3 is 2.79 bits per heavy atom. The van der Waals surface area contributed by atoms with Crippen LogP contribution in [0.3, 0.4) is 0 Å². The Hall–Kier alpha value is -2.73. The molecule has 0 aliphatic carbocycles. The summed E-state index contributed by atoms with van der Waals surface area (Å²) in [6, 6.07) is 11.0. The number of hydrogen-bond acceptors (Lipinski definition) is 5. The van der Waals surface area contributed by atoms with Crippen LogP contribution in [0.15, 0.2) is 61.3 Å². The second-order valence-corrected chi connectivity index (χ2v) is 5.92. The van der Waals surface area contributed by atoms with Crippen molar-refractivity contribution in [2.75, 3.05) is 24.5 Å². The van der Waals surface area contributed by atoms with E-state index in [0.717, 1.165) is 32.0 Å². The van der Waals surface area contributed by atoms with Crippen molar-refractivity contribution in [3.63, 3.8) is 0 Å². The summed E-state index contributed by atoms with van der Waals surface area (Å²) in [5.41, 5.74) is 2.54. The quantitative estimate of drug-likeness (QED) is 0.795. The number of aromatic nitrogens is 4. The van der Waals surface area contributed by atoms with E-state index in [4.69, 9.17) is 0 Å². The Kier molecular flexibility index (Phi) is 4.20. The second kappa shape index (κ2) is 6.80. The monoisotopic (exact) mass is 320 g/mol. The van der Waals surface area contributed by atoms with Gasteiger partial charge in [-0.3, -0.25) is 9.67 Å². The summed E-state index contributed by atoms with van der Waals surface area (Å²) in [5.74, 6) is 0.935. The predicted octanol–water partition coefficient (Wildman–Crippen LogP) is 1.87. The summed E-state index contributed by atoms with van der Waals surface area (Å²) < 4.78 is 1.93. The van der Waals surface area contributed by atoms with Gasteiger partial charge in [0.15, 0.2) is 0 Å². The molecule has 1 saturated heterocycles. The van der Waals surface area contributed by atoms with Crippen LogP contribution in [0, 0.1) is 0 Å². The van der Waals surface area contributed by atoms with Gasteiger partial charge in [0.1, 0.15) is 5.82 Å². The lowest BCUT2D eigenvalue weighted by atomic mass is 10.0. The molecule has 6 heteroatoms. The van der Waals surface area contributed by atoms with Crippen molar-refractivity contribution >= 4 is 5.82 Å². The van der Waals surface area contributed by atoms with Crippen molar-refractivity contribution in [3.8, 4) is 0 Å². The highest BCUT2D eigenvalue weighted by Gasteiger charge is 2.24. The van der Waals surface area contributed by atoms with E-state index in [1.165, 1.54) is 11.1 Å². The summed E-state index contributed by atoms with van der Waals surface area (Å²) in [4.78, 5) is 11.0. The Bertz CT molecular complexity index is 754. The lowest BCUT2D eigenvalue weighted by Crippen LogP contribution is -2.46. The van der Waals surface area contributed by atoms with E-state index in [9.17, 15) is 0 Å². The van der Waals surface area contributed by atoms with Crippen LogP contribution in [0.4, 0.5) is 5.82 Å². The Balaban J connectivity index is 1.54. The molecule has 122 valence electrons. The first-order chi connectivity index (χ1) is 11.9. The Morgan fingerprint density at radius 1 is 1.12 bits per heavy atom. The van der Waals surface area contributed by atoms with Crippen molar-refractivity contribution < 1.29 is 0 Å². The molecule has 0 amide bonds. The summed E-state index contributed by atoms with van der Waals surface area (Å²) >= 11 is 0. The maximum atomic E-state index is 4.47. The highest BCUT2D eigenvalue weighted by atomic mass is 15.3. The average molecular weight is 320 g/mol. The minimum absolute atomic E-state index is 0.272. The minimum Gasteiger partial charge on any atom is -0.346 e. The Morgan fingerprint density at radius 2 is 2.04 bits per heavy atom. The molecule has 0 saturated carbocycles. The molecule has 4 rings (SSSR count). The number of anilines is 1. The largest absolute Gasteiger partial charge is 0.346 e. The number of piperazine rings is 1. The molecular formula is C18H20N6. The van der Waals surface area contributed by atoms with Crippen LogP contribution in [0.1, 0.15) is 17.2 Å². The topological polar surface area (TPSA) is 58.9 Å². The SMILES string of the molecule is c1cnn(Cc2ccc(C3CNCCN3c3cnccn3)cc2)c1. The summed E-state index contributed by atoms with van der Waals surface area (Å²) in [6.07, 6.45) is 9.09. The van der Waals surface area contributed by atoms with Crippen molar-refractivity contribution in [2.45, 2.75) is 12.6 Å². The first-order valence-electron chi connectivity index (χ1n) is 8.20. The van der Waals surface area contributed by atoms with E-state index in [2.05, 4.69) is 49.5 Å². The zero-order chi connectivity index (χ0) is 16.2. The normalized spacial score (nSPS) is 17.8. The van der Waals surface area contributed by atoms with E-state index in [1.807, 2.05) is 23.1 Å². The van der Waals surface area contributed by atoms with E-state index in [0.29, 0.717) is 0 Å². The molecule has 1 atom stereocenters. The molecule has 3 aromatic rings. The van der Waals surface area contributed by atoms with Crippen LogP contribution in [-0.4, -0.2) is 39.4 Å². The fourth-order valence-electron chi connectivity index (χ4n) is 3.14. The van der Waals surface area contributed by atoms with Gasteiger partial charge in [0, 0.05) is 44.4 Å². The molecule has 24 heavy (non-hydrogen) atoms. The van der Waals surface area contributed by atoms with Gasteiger partial charge in [0.2, 0.25) is 0 Å². The minimum atomic E-state index is 0.272. The maximum absolute atomic E-state index is 4.47. The van der Waals surface area contributed by atoms with E-state index >= 15 is 0 Å². The molecule has 1 aliphatic rings. The number of benzene rings is 1. The molecule has 2 aromatic heterocycles. The van der Waals surface area contributed by atoms with Gasteiger partial charge in [0.25, 0.3) is 0 Å². The van der Waals surface area contributed by atoms with Gasteiger partial charge >= 0.3 is 0 Å². The van der Waals surface area contributed by atoms with Crippen molar-refractivity contribution in [1.29, 1.82) is 0 Å². The Labute approximate surface area is 141 Å². The molecule has 0 bridgehead atoms. The third-order valence-corrected chi connectivity index (χ3v) is 4.36. The van der Waals surface area contributed by atoms with Gasteiger partial charge in [0.05, 0.1) is 18.8 Å². The molecule has 1 fully saturated rings. The second-order valence-electron chi connectivity index (χ2n) is 5.92. The molecule has 0 spiro atoms. The van der Waals surface area contributed by atoms with E-state index < -0.39 is 0 Å². The first-order valence-corrected chi connectivity index (χ1v) is 8.20. The lowest BCUT2D eigenvalue weighted by Gasteiger charge is -2.37. The summed E-state index contributed by atoms with van der Waals surface area (Å²) in [7, 11) is 0. The van der Waals surface area contributed by atoms with Crippen LogP contribution in [0.2, 0.25) is 0 Å². The smallest absolute Gasteiger partial charge is 0.147 e. The number of nitrogens with zero attached hydrogens (tertiary/aromatic N) is 5. The fourth-order valence-corrected chi connectivity index (χ4v) is 3.14. The van der Waals surface area contributed by atoms with Gasteiger partial charge in [-0.1, -0.05) is 24.3 Å². The standard InChI is InChI=1S/C18H20N6/c1-6-22-23(10-1)14-15-2-4-16(5-3-15)17-12-20-9-11-24(17)18-13-19-7-8-21-18/h1-8,10,13,17,20H,9,11-12,14H2. The van der Waals surface area contributed by atoms with Crippen LogP contribution >= 0.6 is 0 Å². The van der Waals surface area contributed by atoms with Crippen molar-refractivity contribution in [3.05, 3.63) is 72.4 Å². The summed E-state index contributed by atoms with van der Waals surface area (Å²) in [5, 5.41) is 7.74. The molecule has 1 unspecified atom stereocenters. The van der Waals surface area contributed by atoms with Gasteiger partial charge in [-0.15, -0.1) is 0 Å². The molecule has 0 radical (unpaired) electrons. The molecule has 1 N–H and O–H groups in total. The van der Waals surface area contributed by atoms with Gasteiger partial charge < -0.3 is 10.2 Å². The number of rotatable bonds is 4. The highest BCUT2D eigenvalue weighted by Crippen LogP contribution is 2.26. The van der Waals surface area contributed by atoms with Crippen LogP contribution < -0.4 is 10.2 Å². The van der Waals surface area contributed by atoms with Crippen molar-refractivity contribution in [2.24, 2.45) is 0 Å². The van der Waals surface area contributed by atoms with Gasteiger partial charge in [-0.25, -0.2) is 4.98 Å². The molecule has 1 aromatic carbocycles. The third-order valence-electron chi connectivity index (χ3n) is 4.36. The number of nitrogens with one attached hydrogen (secondary N) is 1. The first kappa shape index (κ1) is 14.8. The van der Waals surface area contributed by atoms with Crippen molar-refractivity contribution in [1.82, 2.24) is 25.1 Å². The van der Waals surface area contributed by atoms with Gasteiger partial charge in [-0.05, 0) is 17.2 Å². The van der Waals surface area contributed by atoms with E-state index in [-0.39, 0.29) is 6.04 Å². The van der Waals surface area contributed by atoms with E-state index in [1.54, 1.807) is 18.6 Å². The van der Waals surface area contributed by atoms with Crippen LogP contribution in [0.25, 0.3) is 0 Å². The molecule has 6 nitrogen and oxygen atoms in total. The molecule has 3 heterocycles. The zero-order valence-corrected chi connectivity index (χ0v) is 13.4. The van der Waals surface area contributed by atoms with Gasteiger partial charge in [-0.2, -0.15) is 5.10 Å². The molecule has 1 aliphatic heterocycles. The average Bonchev–Trinajstić information content (AvgIpc) is 3.16. The lowest BCUT2D eigenvalue weighted by molar-refractivity contribution is 0.485. The maximum Gasteiger partial charge on any atom is 0.147 e.